The van der Waals surface area contributed by atoms with Crippen molar-refractivity contribution >= 4 is 11.5 Å². The van der Waals surface area contributed by atoms with E-state index in [4.69, 9.17) is 0 Å². The molecule has 0 spiro atoms. The van der Waals surface area contributed by atoms with Crippen LogP contribution in [0.3, 0.4) is 0 Å². The highest BCUT2D eigenvalue weighted by molar-refractivity contribution is 7.05. The van der Waals surface area contributed by atoms with Gasteiger partial charge in [-0.2, -0.15) is 0 Å². The Balaban J connectivity index is 2.29. The van der Waals surface area contributed by atoms with Gasteiger partial charge >= 0.3 is 0 Å². The largest absolute Gasteiger partial charge is 0.304 e. The number of nitrogens with one attached hydrogen (secondary N) is 1. The van der Waals surface area contributed by atoms with Crippen LogP contribution in [-0.4, -0.2) is 31.1 Å². The Kier molecular flexibility index (Phi) is 4.16. The van der Waals surface area contributed by atoms with Crippen molar-refractivity contribution in [2.45, 2.75) is 32.9 Å². The monoisotopic (exact) mass is 252 g/mol. The minimum atomic E-state index is 0.0848. The molecule has 17 heavy (non-hydrogen) atoms. The Hall–Kier alpha value is -1.34. The molecule has 0 bridgehead atoms. The van der Waals surface area contributed by atoms with Crippen molar-refractivity contribution in [3.63, 3.8) is 0 Å². The Labute approximate surface area is 104 Å². The summed E-state index contributed by atoms with van der Waals surface area (Å²) in [6, 6.07) is 0.0848. The van der Waals surface area contributed by atoms with Gasteiger partial charge in [0.15, 0.2) is 0 Å². The lowest BCUT2D eigenvalue weighted by Crippen LogP contribution is -2.24. The Morgan fingerprint density at radius 3 is 2.88 bits per heavy atom. The number of hydrogen-bond donors (Lipinski definition) is 1. The van der Waals surface area contributed by atoms with Crippen molar-refractivity contribution in [3.8, 4) is 0 Å². The first-order valence-corrected chi connectivity index (χ1v) is 6.53. The molecular formula is C10H16N6S. The molecule has 2 aromatic rings. The van der Waals surface area contributed by atoms with Gasteiger partial charge in [-0.1, -0.05) is 23.5 Å². The Bertz CT molecular complexity index is 437. The minimum Gasteiger partial charge on any atom is -0.304 e. The summed E-state index contributed by atoms with van der Waals surface area (Å²) in [4.78, 5) is 1.09. The van der Waals surface area contributed by atoms with Crippen LogP contribution in [0, 0.1) is 0 Å². The number of rotatable bonds is 6. The van der Waals surface area contributed by atoms with E-state index in [9.17, 15) is 0 Å². The number of aryl methyl sites for hydroxylation is 1. The van der Waals surface area contributed by atoms with Crippen LogP contribution in [0.15, 0.2) is 12.4 Å². The summed E-state index contributed by atoms with van der Waals surface area (Å²) in [6.45, 7) is 5.96. The average molecular weight is 252 g/mol. The van der Waals surface area contributed by atoms with E-state index < -0.39 is 0 Å². The highest BCUT2D eigenvalue weighted by Crippen LogP contribution is 2.23. The first kappa shape index (κ1) is 12.1. The second-order valence-electron chi connectivity index (χ2n) is 3.69. The fraction of sp³-hybridized carbons (Fsp3) is 0.600. The second-order valence-corrected chi connectivity index (χ2v) is 4.51. The summed E-state index contributed by atoms with van der Waals surface area (Å²) < 4.78 is 5.85. The van der Waals surface area contributed by atoms with Gasteiger partial charge in [0.1, 0.15) is 0 Å². The molecule has 7 heteroatoms. The van der Waals surface area contributed by atoms with Crippen molar-refractivity contribution < 1.29 is 0 Å². The molecule has 0 fully saturated rings. The van der Waals surface area contributed by atoms with Crippen LogP contribution in [0.1, 0.15) is 36.9 Å². The second kappa shape index (κ2) is 5.83. The highest BCUT2D eigenvalue weighted by atomic mass is 32.1. The maximum Gasteiger partial charge on any atom is 0.0890 e. The number of hydrogen-bond acceptors (Lipinski definition) is 6. The first-order chi connectivity index (χ1) is 8.36. The SMILES string of the molecule is CCCn1nncc1C(NCC)c1cnns1. The summed E-state index contributed by atoms with van der Waals surface area (Å²) in [5, 5.41) is 15.4. The lowest BCUT2D eigenvalue weighted by molar-refractivity contribution is 0.514. The van der Waals surface area contributed by atoms with Crippen molar-refractivity contribution in [1.29, 1.82) is 0 Å². The summed E-state index contributed by atoms with van der Waals surface area (Å²) in [5.41, 5.74) is 1.07. The van der Waals surface area contributed by atoms with E-state index in [1.807, 2.05) is 10.9 Å². The van der Waals surface area contributed by atoms with Crippen molar-refractivity contribution in [2.24, 2.45) is 0 Å². The van der Waals surface area contributed by atoms with Crippen LogP contribution in [0.25, 0.3) is 0 Å². The van der Waals surface area contributed by atoms with Crippen LogP contribution in [0.2, 0.25) is 0 Å². The Morgan fingerprint density at radius 2 is 2.24 bits per heavy atom. The maximum atomic E-state index is 4.11. The van der Waals surface area contributed by atoms with E-state index in [0.717, 1.165) is 30.1 Å². The molecule has 0 aromatic carbocycles. The molecule has 0 amide bonds. The Morgan fingerprint density at radius 1 is 1.35 bits per heavy atom. The zero-order valence-electron chi connectivity index (χ0n) is 10.00. The molecule has 2 heterocycles. The van der Waals surface area contributed by atoms with Gasteiger partial charge in [-0.25, -0.2) is 4.68 Å². The van der Waals surface area contributed by atoms with E-state index >= 15 is 0 Å². The van der Waals surface area contributed by atoms with Gasteiger partial charge in [0.05, 0.1) is 29.0 Å². The molecule has 0 saturated carbocycles. The van der Waals surface area contributed by atoms with Gasteiger partial charge in [0, 0.05) is 6.54 Å². The summed E-state index contributed by atoms with van der Waals surface area (Å²) in [7, 11) is 0. The van der Waals surface area contributed by atoms with Gasteiger partial charge < -0.3 is 5.32 Å². The zero-order chi connectivity index (χ0) is 12.1. The fourth-order valence-electron chi connectivity index (χ4n) is 1.73. The first-order valence-electron chi connectivity index (χ1n) is 5.75. The van der Waals surface area contributed by atoms with E-state index in [0.29, 0.717) is 0 Å². The predicted octanol–water partition coefficient (Wildman–Crippen LogP) is 1.24. The van der Waals surface area contributed by atoms with Gasteiger partial charge in [0.25, 0.3) is 0 Å². The topological polar surface area (TPSA) is 68.5 Å². The van der Waals surface area contributed by atoms with E-state index in [1.165, 1.54) is 11.5 Å². The fourth-order valence-corrected chi connectivity index (χ4v) is 2.32. The quantitative estimate of drug-likeness (QED) is 0.837. The minimum absolute atomic E-state index is 0.0848. The third kappa shape index (κ3) is 2.67. The molecule has 2 aromatic heterocycles. The highest BCUT2D eigenvalue weighted by Gasteiger charge is 2.19. The lowest BCUT2D eigenvalue weighted by Gasteiger charge is -2.16. The van der Waals surface area contributed by atoms with Gasteiger partial charge in [0.2, 0.25) is 0 Å². The average Bonchev–Trinajstić information content (AvgIpc) is 2.97. The van der Waals surface area contributed by atoms with E-state index in [1.54, 1.807) is 6.20 Å². The molecule has 0 saturated heterocycles. The summed E-state index contributed by atoms with van der Waals surface area (Å²) >= 11 is 1.40. The molecule has 0 aliphatic carbocycles. The van der Waals surface area contributed by atoms with Crippen LogP contribution in [0.5, 0.6) is 0 Å². The molecule has 1 atom stereocenters. The third-order valence-electron chi connectivity index (χ3n) is 2.45. The zero-order valence-corrected chi connectivity index (χ0v) is 10.8. The molecule has 0 radical (unpaired) electrons. The summed E-state index contributed by atoms with van der Waals surface area (Å²) in [5.74, 6) is 0. The van der Waals surface area contributed by atoms with Gasteiger partial charge in [-0.3, -0.25) is 0 Å². The summed E-state index contributed by atoms with van der Waals surface area (Å²) in [6.07, 6.45) is 4.64. The van der Waals surface area contributed by atoms with E-state index in [2.05, 4.69) is 39.1 Å². The lowest BCUT2D eigenvalue weighted by atomic mass is 10.2. The molecule has 2 rings (SSSR count). The molecule has 1 N–H and O–H groups in total. The van der Waals surface area contributed by atoms with Crippen molar-refractivity contribution in [3.05, 3.63) is 23.0 Å². The molecule has 0 aliphatic heterocycles. The molecule has 1 unspecified atom stereocenters. The number of aromatic nitrogens is 5. The maximum absolute atomic E-state index is 4.11. The molecule has 0 aliphatic rings. The third-order valence-corrected chi connectivity index (χ3v) is 3.18. The normalized spacial score (nSPS) is 12.8. The van der Waals surface area contributed by atoms with Crippen molar-refractivity contribution in [2.75, 3.05) is 6.54 Å². The number of nitrogens with zero attached hydrogens (tertiary/aromatic N) is 5. The van der Waals surface area contributed by atoms with Crippen LogP contribution < -0.4 is 5.32 Å². The van der Waals surface area contributed by atoms with E-state index in [-0.39, 0.29) is 6.04 Å². The van der Waals surface area contributed by atoms with Crippen LogP contribution in [0.4, 0.5) is 0 Å². The smallest absolute Gasteiger partial charge is 0.0890 e. The van der Waals surface area contributed by atoms with Crippen LogP contribution in [-0.2, 0) is 6.54 Å². The van der Waals surface area contributed by atoms with Crippen molar-refractivity contribution in [1.82, 2.24) is 29.9 Å². The van der Waals surface area contributed by atoms with Gasteiger partial charge in [-0.05, 0) is 24.5 Å². The predicted molar refractivity (Wildman–Crippen MR) is 65.7 cm³/mol. The molecule has 92 valence electrons. The molecule has 6 nitrogen and oxygen atoms in total. The van der Waals surface area contributed by atoms with Gasteiger partial charge in [-0.15, -0.1) is 10.2 Å². The molecular weight excluding hydrogens is 236 g/mol. The van der Waals surface area contributed by atoms with Crippen LogP contribution >= 0.6 is 11.5 Å². The standard InChI is InChI=1S/C10H16N6S/c1-3-5-16-8(6-12-14-16)10(11-4-2)9-7-13-15-17-9/h6-7,10-11H,3-5H2,1-2H3.